The second-order valence-electron chi connectivity index (χ2n) is 4.83. The van der Waals surface area contributed by atoms with Crippen LogP contribution in [0.2, 0.25) is 0 Å². The molecule has 0 fully saturated rings. The summed E-state index contributed by atoms with van der Waals surface area (Å²) >= 11 is 0. The van der Waals surface area contributed by atoms with E-state index in [1.165, 1.54) is 5.56 Å². The summed E-state index contributed by atoms with van der Waals surface area (Å²) in [4.78, 5) is 0. The van der Waals surface area contributed by atoms with Crippen molar-refractivity contribution >= 4 is 0 Å². The molecule has 90 valence electrons. The summed E-state index contributed by atoms with van der Waals surface area (Å²) in [6.07, 6.45) is 0. The van der Waals surface area contributed by atoms with E-state index in [-0.39, 0.29) is 5.60 Å². The predicted octanol–water partition coefficient (Wildman–Crippen LogP) is 3.70. The molecule has 1 aromatic carbocycles. The van der Waals surface area contributed by atoms with Crippen LogP contribution in [0.1, 0.15) is 44.7 Å². The third-order valence-corrected chi connectivity index (χ3v) is 3.05. The Kier molecular flexibility index (Phi) is 3.98. The molecule has 0 atom stereocenters. The Labute approximate surface area is 98.6 Å². The molecule has 16 heavy (non-hydrogen) atoms. The first-order valence-electron chi connectivity index (χ1n) is 5.66. The minimum Gasteiger partial charge on any atom is -0.496 e. The van der Waals surface area contributed by atoms with E-state index in [1.54, 1.807) is 14.2 Å². The summed E-state index contributed by atoms with van der Waals surface area (Å²) in [5.41, 5.74) is 2.05. The Morgan fingerprint density at radius 2 is 1.75 bits per heavy atom. The third-order valence-electron chi connectivity index (χ3n) is 3.05. The maximum Gasteiger partial charge on any atom is 0.125 e. The average Bonchev–Trinajstić information content (AvgIpc) is 2.28. The van der Waals surface area contributed by atoms with Gasteiger partial charge >= 0.3 is 0 Å². The largest absolute Gasteiger partial charge is 0.496 e. The van der Waals surface area contributed by atoms with Gasteiger partial charge in [-0.25, -0.2) is 0 Å². The Bertz CT molecular complexity index is 354. The van der Waals surface area contributed by atoms with Crippen LogP contribution in [0.25, 0.3) is 0 Å². The summed E-state index contributed by atoms with van der Waals surface area (Å²) in [5, 5.41) is 0. The molecule has 0 aliphatic rings. The first-order chi connectivity index (χ1) is 7.42. The van der Waals surface area contributed by atoms with Crippen LogP contribution in [0.4, 0.5) is 0 Å². The first-order valence-corrected chi connectivity index (χ1v) is 5.66. The van der Waals surface area contributed by atoms with Gasteiger partial charge in [-0.15, -0.1) is 0 Å². The third kappa shape index (κ3) is 2.56. The SMILES string of the molecule is COc1cc(C(C)C)ccc1C(C)(C)OC. The second kappa shape index (κ2) is 4.88. The maximum absolute atomic E-state index is 5.49. The van der Waals surface area contributed by atoms with E-state index in [2.05, 4.69) is 32.0 Å². The van der Waals surface area contributed by atoms with Crippen LogP contribution >= 0.6 is 0 Å². The normalized spacial score (nSPS) is 11.9. The van der Waals surface area contributed by atoms with E-state index in [9.17, 15) is 0 Å². The van der Waals surface area contributed by atoms with Crippen LogP contribution in [-0.2, 0) is 10.3 Å². The Balaban J connectivity index is 3.22. The summed E-state index contributed by atoms with van der Waals surface area (Å²) in [7, 11) is 3.42. The monoisotopic (exact) mass is 222 g/mol. The number of rotatable bonds is 4. The summed E-state index contributed by atoms with van der Waals surface area (Å²) in [6, 6.07) is 6.34. The van der Waals surface area contributed by atoms with Gasteiger partial charge in [-0.3, -0.25) is 0 Å². The summed E-state index contributed by atoms with van der Waals surface area (Å²) in [6.45, 7) is 8.44. The second-order valence-corrected chi connectivity index (χ2v) is 4.83. The Morgan fingerprint density at radius 1 is 1.12 bits per heavy atom. The fraction of sp³-hybridized carbons (Fsp3) is 0.571. The molecule has 2 nitrogen and oxygen atoms in total. The van der Waals surface area contributed by atoms with Gasteiger partial charge in [0.15, 0.2) is 0 Å². The quantitative estimate of drug-likeness (QED) is 0.773. The fourth-order valence-corrected chi connectivity index (χ4v) is 1.67. The summed E-state index contributed by atoms with van der Waals surface area (Å²) in [5.74, 6) is 1.41. The van der Waals surface area contributed by atoms with Crippen molar-refractivity contribution in [3.05, 3.63) is 29.3 Å². The summed E-state index contributed by atoms with van der Waals surface area (Å²) < 4.78 is 10.9. The van der Waals surface area contributed by atoms with Crippen molar-refractivity contribution in [1.29, 1.82) is 0 Å². The van der Waals surface area contributed by atoms with Gasteiger partial charge in [0, 0.05) is 12.7 Å². The molecule has 0 unspecified atom stereocenters. The smallest absolute Gasteiger partial charge is 0.125 e. The molecular weight excluding hydrogens is 200 g/mol. The average molecular weight is 222 g/mol. The fourth-order valence-electron chi connectivity index (χ4n) is 1.67. The van der Waals surface area contributed by atoms with Crippen molar-refractivity contribution in [1.82, 2.24) is 0 Å². The molecular formula is C14H22O2. The molecule has 0 spiro atoms. The zero-order valence-corrected chi connectivity index (χ0v) is 11.1. The van der Waals surface area contributed by atoms with E-state index < -0.39 is 0 Å². The van der Waals surface area contributed by atoms with Crippen LogP contribution in [-0.4, -0.2) is 14.2 Å². The van der Waals surface area contributed by atoms with Crippen LogP contribution in [0, 0.1) is 0 Å². The van der Waals surface area contributed by atoms with Crippen LogP contribution < -0.4 is 4.74 Å². The number of benzene rings is 1. The molecule has 1 rings (SSSR count). The van der Waals surface area contributed by atoms with Gasteiger partial charge in [-0.05, 0) is 31.4 Å². The number of hydrogen-bond donors (Lipinski definition) is 0. The molecule has 0 N–H and O–H groups in total. The zero-order valence-electron chi connectivity index (χ0n) is 11.1. The van der Waals surface area contributed by atoms with Crippen LogP contribution in [0.15, 0.2) is 18.2 Å². The molecule has 0 heterocycles. The molecule has 1 aromatic rings. The lowest BCUT2D eigenvalue weighted by Crippen LogP contribution is -2.20. The van der Waals surface area contributed by atoms with E-state index in [4.69, 9.17) is 9.47 Å². The lowest BCUT2D eigenvalue weighted by atomic mass is 9.93. The maximum atomic E-state index is 5.49. The zero-order chi connectivity index (χ0) is 12.3. The molecule has 0 aliphatic carbocycles. The molecule has 0 saturated heterocycles. The van der Waals surface area contributed by atoms with E-state index in [0.717, 1.165) is 11.3 Å². The standard InChI is InChI=1S/C14H22O2/c1-10(2)11-7-8-12(13(9-11)15-5)14(3,4)16-6/h7-10H,1-6H3. The van der Waals surface area contributed by atoms with Crippen molar-refractivity contribution in [2.75, 3.05) is 14.2 Å². The van der Waals surface area contributed by atoms with Crippen molar-refractivity contribution in [2.24, 2.45) is 0 Å². The number of hydrogen-bond acceptors (Lipinski definition) is 2. The van der Waals surface area contributed by atoms with Gasteiger partial charge in [0.05, 0.1) is 12.7 Å². The van der Waals surface area contributed by atoms with Gasteiger partial charge < -0.3 is 9.47 Å². The van der Waals surface area contributed by atoms with Crippen LogP contribution in [0.5, 0.6) is 5.75 Å². The molecule has 0 radical (unpaired) electrons. The molecule has 0 aromatic heterocycles. The highest BCUT2D eigenvalue weighted by molar-refractivity contribution is 5.41. The minimum absolute atomic E-state index is 0.319. The lowest BCUT2D eigenvalue weighted by molar-refractivity contribution is 0.0173. The van der Waals surface area contributed by atoms with Gasteiger partial charge in [0.25, 0.3) is 0 Å². The van der Waals surface area contributed by atoms with Crippen molar-refractivity contribution in [3.63, 3.8) is 0 Å². The molecule has 0 saturated carbocycles. The lowest BCUT2D eigenvalue weighted by Gasteiger charge is -2.26. The highest BCUT2D eigenvalue weighted by Crippen LogP contribution is 2.34. The molecule has 2 heteroatoms. The molecule has 0 bridgehead atoms. The van der Waals surface area contributed by atoms with Crippen LogP contribution in [0.3, 0.4) is 0 Å². The van der Waals surface area contributed by atoms with E-state index in [0.29, 0.717) is 5.92 Å². The van der Waals surface area contributed by atoms with Crippen molar-refractivity contribution < 1.29 is 9.47 Å². The highest BCUT2D eigenvalue weighted by Gasteiger charge is 2.24. The van der Waals surface area contributed by atoms with Crippen molar-refractivity contribution in [3.8, 4) is 5.75 Å². The highest BCUT2D eigenvalue weighted by atomic mass is 16.5. The Hall–Kier alpha value is -1.02. The van der Waals surface area contributed by atoms with Gasteiger partial charge in [0.2, 0.25) is 0 Å². The van der Waals surface area contributed by atoms with Gasteiger partial charge in [0.1, 0.15) is 5.75 Å². The first kappa shape index (κ1) is 13.0. The topological polar surface area (TPSA) is 18.5 Å². The minimum atomic E-state index is -0.319. The van der Waals surface area contributed by atoms with E-state index in [1.807, 2.05) is 13.8 Å². The van der Waals surface area contributed by atoms with Gasteiger partial charge in [-0.1, -0.05) is 26.0 Å². The van der Waals surface area contributed by atoms with Gasteiger partial charge in [-0.2, -0.15) is 0 Å². The molecule has 0 aliphatic heterocycles. The van der Waals surface area contributed by atoms with Crippen molar-refractivity contribution in [2.45, 2.75) is 39.2 Å². The van der Waals surface area contributed by atoms with E-state index >= 15 is 0 Å². The predicted molar refractivity (Wildman–Crippen MR) is 67.1 cm³/mol. The Morgan fingerprint density at radius 3 is 2.19 bits per heavy atom. The molecule has 0 amide bonds. The number of ether oxygens (including phenoxy) is 2. The number of methoxy groups -OCH3 is 2.